The summed E-state index contributed by atoms with van der Waals surface area (Å²) in [7, 11) is 0. The molecule has 0 amide bonds. The SMILES string of the molecule is CC(C)(C)NC(N)=NCc1cccnc1OCC(F)F. The molecule has 0 unspecified atom stereocenters. The topological polar surface area (TPSA) is 72.5 Å². The highest BCUT2D eigenvalue weighted by atomic mass is 19.3. The van der Waals surface area contributed by atoms with Crippen LogP contribution in [0, 0.1) is 0 Å². The monoisotopic (exact) mass is 286 g/mol. The Hall–Kier alpha value is -1.92. The van der Waals surface area contributed by atoms with Crippen molar-refractivity contribution >= 4 is 5.96 Å². The predicted molar refractivity (Wildman–Crippen MR) is 74.0 cm³/mol. The van der Waals surface area contributed by atoms with Gasteiger partial charge in [0.25, 0.3) is 6.43 Å². The van der Waals surface area contributed by atoms with Crippen LogP contribution in [-0.2, 0) is 6.54 Å². The number of hydrogen-bond donors (Lipinski definition) is 2. The van der Waals surface area contributed by atoms with Gasteiger partial charge in [-0.15, -0.1) is 0 Å². The molecule has 0 aromatic carbocycles. The van der Waals surface area contributed by atoms with Crippen molar-refractivity contribution in [2.75, 3.05) is 6.61 Å². The first-order valence-electron chi connectivity index (χ1n) is 6.21. The molecule has 112 valence electrons. The second-order valence-electron chi connectivity index (χ2n) is 5.25. The minimum atomic E-state index is -2.54. The zero-order valence-corrected chi connectivity index (χ0v) is 11.9. The van der Waals surface area contributed by atoms with Crippen LogP contribution in [0.4, 0.5) is 8.78 Å². The fourth-order valence-electron chi connectivity index (χ4n) is 1.41. The second kappa shape index (κ2) is 7.02. The van der Waals surface area contributed by atoms with Crippen molar-refractivity contribution in [2.45, 2.75) is 39.3 Å². The summed E-state index contributed by atoms with van der Waals surface area (Å²) >= 11 is 0. The lowest BCUT2D eigenvalue weighted by Gasteiger charge is -2.21. The van der Waals surface area contributed by atoms with Gasteiger partial charge < -0.3 is 15.8 Å². The predicted octanol–water partition coefficient (Wildman–Crippen LogP) is 1.93. The summed E-state index contributed by atoms with van der Waals surface area (Å²) in [4.78, 5) is 8.06. The van der Waals surface area contributed by atoms with E-state index >= 15 is 0 Å². The molecular weight excluding hydrogens is 266 g/mol. The van der Waals surface area contributed by atoms with E-state index in [1.807, 2.05) is 20.8 Å². The van der Waals surface area contributed by atoms with Crippen LogP contribution in [0.3, 0.4) is 0 Å². The quantitative estimate of drug-likeness (QED) is 0.641. The Balaban J connectivity index is 2.70. The molecule has 0 radical (unpaired) electrons. The first kappa shape index (κ1) is 16.1. The maximum absolute atomic E-state index is 12.1. The van der Waals surface area contributed by atoms with Crippen LogP contribution in [0.2, 0.25) is 0 Å². The largest absolute Gasteiger partial charge is 0.471 e. The third kappa shape index (κ3) is 6.31. The number of nitrogens with two attached hydrogens (primary N) is 1. The fourth-order valence-corrected chi connectivity index (χ4v) is 1.41. The van der Waals surface area contributed by atoms with E-state index in [4.69, 9.17) is 10.5 Å². The summed E-state index contributed by atoms with van der Waals surface area (Å²) in [5, 5.41) is 3.01. The first-order valence-corrected chi connectivity index (χ1v) is 6.21. The molecule has 5 nitrogen and oxygen atoms in total. The lowest BCUT2D eigenvalue weighted by atomic mass is 10.1. The van der Waals surface area contributed by atoms with Crippen molar-refractivity contribution in [3.05, 3.63) is 23.9 Å². The Morgan fingerprint density at radius 1 is 1.50 bits per heavy atom. The highest BCUT2D eigenvalue weighted by Crippen LogP contribution is 2.16. The molecule has 3 N–H and O–H groups in total. The van der Waals surface area contributed by atoms with Crippen LogP contribution in [0.1, 0.15) is 26.3 Å². The number of guanidine groups is 1. The number of aromatic nitrogens is 1. The van der Waals surface area contributed by atoms with Gasteiger partial charge in [0.05, 0.1) is 6.54 Å². The zero-order chi connectivity index (χ0) is 15.2. The van der Waals surface area contributed by atoms with E-state index < -0.39 is 13.0 Å². The normalized spacial score (nSPS) is 12.6. The lowest BCUT2D eigenvalue weighted by molar-refractivity contribution is 0.0791. The van der Waals surface area contributed by atoms with Crippen LogP contribution in [0.5, 0.6) is 5.88 Å². The molecule has 0 aliphatic heterocycles. The molecule has 0 bridgehead atoms. The van der Waals surface area contributed by atoms with Gasteiger partial charge in [0.2, 0.25) is 5.88 Å². The average Bonchev–Trinajstić information content (AvgIpc) is 2.32. The summed E-state index contributed by atoms with van der Waals surface area (Å²) in [6, 6.07) is 3.40. The number of ether oxygens (including phenoxy) is 1. The van der Waals surface area contributed by atoms with Crippen molar-refractivity contribution in [1.29, 1.82) is 0 Å². The standard InChI is InChI=1S/C13H20F2N4O/c1-13(2,3)19-12(16)18-7-9-5-4-6-17-11(9)20-8-10(14)15/h4-6,10H,7-8H2,1-3H3,(H3,16,18,19). The summed E-state index contributed by atoms with van der Waals surface area (Å²) in [5.41, 5.74) is 6.14. The minimum absolute atomic E-state index is 0.153. The van der Waals surface area contributed by atoms with Gasteiger partial charge in [0, 0.05) is 17.3 Å². The smallest absolute Gasteiger partial charge is 0.272 e. The molecule has 0 saturated carbocycles. The van der Waals surface area contributed by atoms with Crippen molar-refractivity contribution in [1.82, 2.24) is 10.3 Å². The van der Waals surface area contributed by atoms with Crippen LogP contribution in [0.15, 0.2) is 23.3 Å². The number of aliphatic imine (C=N–C) groups is 1. The zero-order valence-electron chi connectivity index (χ0n) is 11.9. The van der Waals surface area contributed by atoms with Crippen molar-refractivity contribution in [3.63, 3.8) is 0 Å². The van der Waals surface area contributed by atoms with E-state index in [1.54, 1.807) is 12.1 Å². The van der Waals surface area contributed by atoms with Crippen LogP contribution >= 0.6 is 0 Å². The van der Waals surface area contributed by atoms with Gasteiger partial charge in [-0.2, -0.15) is 0 Å². The highest BCUT2D eigenvalue weighted by molar-refractivity contribution is 5.78. The summed E-state index contributed by atoms with van der Waals surface area (Å²) in [6.07, 6.45) is -1.06. The first-order chi connectivity index (χ1) is 9.28. The van der Waals surface area contributed by atoms with E-state index in [0.717, 1.165) is 0 Å². The number of rotatable bonds is 5. The van der Waals surface area contributed by atoms with E-state index in [-0.39, 0.29) is 23.9 Å². The average molecular weight is 286 g/mol. The molecule has 0 atom stereocenters. The number of nitrogens with one attached hydrogen (secondary N) is 1. The number of hydrogen-bond acceptors (Lipinski definition) is 3. The number of pyridine rings is 1. The van der Waals surface area contributed by atoms with Crippen LogP contribution < -0.4 is 15.8 Å². The van der Waals surface area contributed by atoms with Gasteiger partial charge in [0.1, 0.15) is 0 Å². The molecule has 0 saturated heterocycles. The summed E-state index contributed by atoms with van der Waals surface area (Å²) in [6.45, 7) is 5.38. The van der Waals surface area contributed by atoms with Crippen LogP contribution in [0.25, 0.3) is 0 Å². The van der Waals surface area contributed by atoms with E-state index in [9.17, 15) is 8.78 Å². The van der Waals surface area contributed by atoms with Gasteiger partial charge in [-0.25, -0.2) is 18.8 Å². The van der Waals surface area contributed by atoms with Gasteiger partial charge in [0.15, 0.2) is 12.6 Å². The second-order valence-corrected chi connectivity index (χ2v) is 5.25. The van der Waals surface area contributed by atoms with E-state index in [1.165, 1.54) is 6.20 Å². The number of halogens is 2. The van der Waals surface area contributed by atoms with E-state index in [0.29, 0.717) is 5.56 Å². The van der Waals surface area contributed by atoms with Crippen LogP contribution in [-0.4, -0.2) is 29.5 Å². The Kier molecular flexibility index (Phi) is 5.66. The Morgan fingerprint density at radius 3 is 2.80 bits per heavy atom. The van der Waals surface area contributed by atoms with Crippen molar-refractivity contribution < 1.29 is 13.5 Å². The highest BCUT2D eigenvalue weighted by Gasteiger charge is 2.11. The number of nitrogens with zero attached hydrogens (tertiary/aromatic N) is 2. The summed E-state index contributed by atoms with van der Waals surface area (Å²) in [5.74, 6) is 0.432. The van der Waals surface area contributed by atoms with Gasteiger partial charge in [-0.3, -0.25) is 0 Å². The molecule has 1 aromatic heterocycles. The van der Waals surface area contributed by atoms with Crippen molar-refractivity contribution in [3.8, 4) is 5.88 Å². The Bertz CT molecular complexity index is 458. The lowest BCUT2D eigenvalue weighted by Crippen LogP contribution is -2.44. The molecule has 0 aliphatic carbocycles. The fraction of sp³-hybridized carbons (Fsp3) is 0.538. The van der Waals surface area contributed by atoms with Crippen molar-refractivity contribution in [2.24, 2.45) is 10.7 Å². The third-order valence-corrected chi connectivity index (χ3v) is 2.12. The molecule has 7 heteroatoms. The molecule has 1 aromatic rings. The Morgan fingerprint density at radius 2 is 2.20 bits per heavy atom. The Labute approximate surface area is 117 Å². The number of alkyl halides is 2. The molecule has 20 heavy (non-hydrogen) atoms. The maximum Gasteiger partial charge on any atom is 0.272 e. The molecular formula is C13H20F2N4O. The van der Waals surface area contributed by atoms with Gasteiger partial charge in [-0.05, 0) is 26.8 Å². The molecule has 1 rings (SSSR count). The minimum Gasteiger partial charge on any atom is -0.471 e. The van der Waals surface area contributed by atoms with E-state index in [2.05, 4.69) is 15.3 Å². The molecule has 0 aliphatic rings. The van der Waals surface area contributed by atoms with Gasteiger partial charge in [-0.1, -0.05) is 6.07 Å². The molecule has 0 fully saturated rings. The summed E-state index contributed by atoms with van der Waals surface area (Å²) < 4.78 is 29.2. The molecule has 0 spiro atoms. The third-order valence-electron chi connectivity index (χ3n) is 2.12. The molecule has 1 heterocycles. The maximum atomic E-state index is 12.1. The van der Waals surface area contributed by atoms with Gasteiger partial charge >= 0.3 is 0 Å².